The molecule has 1 aromatic rings. The lowest BCUT2D eigenvalue weighted by molar-refractivity contribution is -0.141. The van der Waals surface area contributed by atoms with Crippen molar-refractivity contribution in [1.29, 1.82) is 0 Å². The number of rotatable bonds is 5. The van der Waals surface area contributed by atoms with Crippen LogP contribution in [0.15, 0.2) is 12.4 Å². The number of carbonyl (C=O) groups is 1. The molecule has 0 amide bonds. The molecule has 84 valence electrons. The number of carboxylic acid groups (broad SMARTS) is 1. The Labute approximate surface area is 84.7 Å². The van der Waals surface area contributed by atoms with Crippen LogP contribution in [0.1, 0.15) is 0 Å². The lowest BCUT2D eigenvalue weighted by atomic mass is 10.2. The fourth-order valence-electron chi connectivity index (χ4n) is 1.06. The monoisotopic (exact) mass is 235 g/mol. The lowest BCUT2D eigenvalue weighted by Crippen LogP contribution is -2.24. The maximum Gasteiger partial charge on any atom is 0.326 e. The first-order chi connectivity index (χ1) is 6.88. The Bertz CT molecular complexity index is 372. The largest absolute Gasteiger partial charge is 0.481 e. The Morgan fingerprint density at radius 2 is 2.20 bits per heavy atom. The first kappa shape index (κ1) is 11.8. The molecule has 0 radical (unpaired) electrons. The molecule has 0 spiro atoms. The predicted octanol–water partition coefficient (Wildman–Crippen LogP) is -0.843. The molecule has 15 heavy (non-hydrogen) atoms. The fourth-order valence-corrected chi connectivity index (χ4v) is 1.90. The molecule has 0 aliphatic carbocycles. The van der Waals surface area contributed by atoms with Gasteiger partial charge in [0.15, 0.2) is 0 Å². The average Bonchev–Trinajstić information content (AvgIpc) is 2.52. The van der Waals surface area contributed by atoms with E-state index in [-0.39, 0.29) is 6.54 Å². The summed E-state index contributed by atoms with van der Waals surface area (Å²) in [5.74, 6) is -2.44. The topological polar surface area (TPSA) is 126 Å². The highest BCUT2D eigenvalue weighted by molar-refractivity contribution is 7.51. The first-order valence-electron chi connectivity index (χ1n) is 4.00. The fraction of sp³-hybridized carbons (Fsp3) is 0.500. The zero-order valence-corrected chi connectivity index (χ0v) is 8.49. The third-order valence-electron chi connectivity index (χ3n) is 1.69. The van der Waals surface area contributed by atoms with Crippen LogP contribution in [0, 0.1) is 5.92 Å². The molecule has 0 saturated carbocycles. The van der Waals surface area contributed by atoms with Crippen molar-refractivity contribution in [2.75, 3.05) is 6.16 Å². The van der Waals surface area contributed by atoms with Crippen LogP contribution < -0.4 is 0 Å². The summed E-state index contributed by atoms with van der Waals surface area (Å²) < 4.78 is 11.9. The van der Waals surface area contributed by atoms with Crippen molar-refractivity contribution in [3.8, 4) is 0 Å². The smallest absolute Gasteiger partial charge is 0.326 e. The van der Waals surface area contributed by atoms with E-state index in [0.717, 1.165) is 0 Å². The van der Waals surface area contributed by atoms with Crippen molar-refractivity contribution in [2.24, 2.45) is 5.92 Å². The number of hydrogen-bond acceptors (Lipinski definition) is 4. The molecule has 1 unspecified atom stereocenters. The van der Waals surface area contributed by atoms with Crippen LogP contribution >= 0.6 is 7.60 Å². The lowest BCUT2D eigenvalue weighted by Gasteiger charge is -2.12. The minimum Gasteiger partial charge on any atom is -0.481 e. The first-order valence-corrected chi connectivity index (χ1v) is 5.80. The zero-order chi connectivity index (χ0) is 11.5. The summed E-state index contributed by atoms with van der Waals surface area (Å²) in [5, 5.41) is 15.7. The number of aliphatic carboxylic acids is 1. The van der Waals surface area contributed by atoms with Gasteiger partial charge in [0.05, 0.1) is 24.8 Å². The van der Waals surface area contributed by atoms with Crippen LogP contribution in [0.25, 0.3) is 0 Å². The van der Waals surface area contributed by atoms with E-state index >= 15 is 0 Å². The Morgan fingerprint density at radius 1 is 1.53 bits per heavy atom. The minimum absolute atomic E-state index is 0.111. The highest BCUT2D eigenvalue weighted by Gasteiger charge is 2.27. The molecular weight excluding hydrogens is 225 g/mol. The van der Waals surface area contributed by atoms with Gasteiger partial charge in [0, 0.05) is 6.20 Å². The molecule has 1 heterocycles. The second kappa shape index (κ2) is 4.52. The number of nitrogens with zero attached hydrogens (tertiary/aromatic N) is 3. The van der Waals surface area contributed by atoms with Crippen LogP contribution in [0.2, 0.25) is 0 Å². The van der Waals surface area contributed by atoms with Crippen LogP contribution in [-0.4, -0.2) is 42.0 Å². The van der Waals surface area contributed by atoms with Gasteiger partial charge in [-0.3, -0.25) is 14.0 Å². The summed E-state index contributed by atoms with van der Waals surface area (Å²) in [4.78, 5) is 28.0. The van der Waals surface area contributed by atoms with E-state index in [1.807, 2.05) is 0 Å². The molecular formula is C6H10N3O5P. The van der Waals surface area contributed by atoms with Crippen LogP contribution in [0.5, 0.6) is 0 Å². The second-order valence-corrected chi connectivity index (χ2v) is 4.70. The number of aromatic nitrogens is 3. The predicted molar refractivity (Wildman–Crippen MR) is 48.1 cm³/mol. The third kappa shape index (κ3) is 4.20. The van der Waals surface area contributed by atoms with Gasteiger partial charge in [0.1, 0.15) is 0 Å². The molecule has 8 nitrogen and oxygen atoms in total. The Hall–Kier alpha value is -1.24. The standard InChI is InChI=1S/C6H10N3O5P/c10-6(11)5(4-15(12,13)14)3-9-2-1-7-8-9/h1-2,5H,3-4H2,(H,10,11)(H2,12,13,14). The van der Waals surface area contributed by atoms with Gasteiger partial charge in [-0.15, -0.1) is 5.10 Å². The highest BCUT2D eigenvalue weighted by Crippen LogP contribution is 2.37. The van der Waals surface area contributed by atoms with Crippen molar-refractivity contribution in [2.45, 2.75) is 6.54 Å². The number of carboxylic acids is 1. The molecule has 1 aromatic heterocycles. The zero-order valence-electron chi connectivity index (χ0n) is 7.59. The van der Waals surface area contributed by atoms with Crippen molar-refractivity contribution >= 4 is 13.6 Å². The van der Waals surface area contributed by atoms with Crippen molar-refractivity contribution < 1.29 is 24.3 Å². The minimum atomic E-state index is -4.34. The van der Waals surface area contributed by atoms with E-state index in [1.165, 1.54) is 17.1 Å². The second-order valence-electron chi connectivity index (χ2n) is 3.01. The molecule has 0 aliphatic rings. The molecule has 0 saturated heterocycles. The van der Waals surface area contributed by atoms with Gasteiger partial charge < -0.3 is 14.9 Å². The van der Waals surface area contributed by atoms with E-state index in [0.29, 0.717) is 0 Å². The van der Waals surface area contributed by atoms with E-state index in [9.17, 15) is 9.36 Å². The highest BCUT2D eigenvalue weighted by atomic mass is 31.2. The maximum absolute atomic E-state index is 10.7. The van der Waals surface area contributed by atoms with Gasteiger partial charge in [0.25, 0.3) is 0 Å². The quantitative estimate of drug-likeness (QED) is 0.568. The summed E-state index contributed by atoms with van der Waals surface area (Å²) >= 11 is 0. The Kier molecular flexibility index (Phi) is 3.57. The van der Waals surface area contributed by atoms with E-state index in [1.54, 1.807) is 0 Å². The third-order valence-corrected chi connectivity index (χ3v) is 2.60. The summed E-state index contributed by atoms with van der Waals surface area (Å²) in [7, 11) is -4.34. The van der Waals surface area contributed by atoms with Gasteiger partial charge in [0.2, 0.25) is 0 Å². The summed E-state index contributed by atoms with van der Waals surface area (Å²) in [6.45, 7) is -0.111. The summed E-state index contributed by atoms with van der Waals surface area (Å²) in [6, 6.07) is 0. The van der Waals surface area contributed by atoms with Gasteiger partial charge in [-0.05, 0) is 0 Å². The molecule has 0 aromatic carbocycles. The van der Waals surface area contributed by atoms with Crippen LogP contribution in [0.4, 0.5) is 0 Å². The van der Waals surface area contributed by atoms with Crippen LogP contribution in [-0.2, 0) is 15.9 Å². The summed E-state index contributed by atoms with van der Waals surface area (Å²) in [5.41, 5.74) is 0. The van der Waals surface area contributed by atoms with Crippen molar-refractivity contribution in [3.05, 3.63) is 12.4 Å². The van der Waals surface area contributed by atoms with E-state index < -0.39 is 25.6 Å². The van der Waals surface area contributed by atoms with E-state index in [2.05, 4.69) is 10.3 Å². The molecule has 9 heteroatoms. The van der Waals surface area contributed by atoms with Gasteiger partial charge >= 0.3 is 13.6 Å². The van der Waals surface area contributed by atoms with Crippen LogP contribution in [0.3, 0.4) is 0 Å². The molecule has 0 bridgehead atoms. The summed E-state index contributed by atoms with van der Waals surface area (Å²) in [6.07, 6.45) is 2.08. The Morgan fingerprint density at radius 3 is 2.60 bits per heavy atom. The molecule has 1 rings (SSSR count). The molecule has 0 fully saturated rings. The van der Waals surface area contributed by atoms with Crippen molar-refractivity contribution in [3.63, 3.8) is 0 Å². The SMILES string of the molecule is O=C(O)C(Cn1ccnn1)CP(=O)(O)O. The number of hydrogen-bond donors (Lipinski definition) is 3. The normalized spacial score (nSPS) is 13.7. The molecule has 0 aliphatic heterocycles. The van der Waals surface area contributed by atoms with E-state index in [4.69, 9.17) is 14.9 Å². The average molecular weight is 235 g/mol. The van der Waals surface area contributed by atoms with Crippen molar-refractivity contribution in [1.82, 2.24) is 15.0 Å². The molecule has 1 atom stereocenters. The van der Waals surface area contributed by atoms with Gasteiger partial charge in [-0.1, -0.05) is 5.21 Å². The van der Waals surface area contributed by atoms with Gasteiger partial charge in [-0.25, -0.2) is 0 Å². The Balaban J connectivity index is 2.68. The maximum atomic E-state index is 10.7. The van der Waals surface area contributed by atoms with Gasteiger partial charge in [-0.2, -0.15) is 0 Å². The molecule has 3 N–H and O–H groups in total.